The summed E-state index contributed by atoms with van der Waals surface area (Å²) in [5.41, 5.74) is 1.14. The molecule has 11 heteroatoms. The van der Waals surface area contributed by atoms with E-state index in [1.54, 1.807) is 35.7 Å². The lowest BCUT2D eigenvalue weighted by molar-refractivity contribution is -0.159. The number of esters is 2. The molecular weight excluding hydrogens is 454 g/mol. The molecule has 2 N–H and O–H groups in total. The second-order valence-corrected chi connectivity index (χ2v) is 9.10. The largest absolute Gasteiger partial charge is 0.468 e. The first-order chi connectivity index (χ1) is 15.4. The third kappa shape index (κ3) is 5.42. The van der Waals surface area contributed by atoms with Gasteiger partial charge in [-0.25, -0.2) is 13.4 Å². The van der Waals surface area contributed by atoms with E-state index >= 15 is 0 Å². The van der Waals surface area contributed by atoms with Crippen molar-refractivity contribution >= 4 is 44.1 Å². The second-order valence-electron chi connectivity index (χ2n) is 6.52. The SMILES string of the molecule is COC(=O)C(C(=O)OC)[C@H](Nc1ccc(S(=O)(=O)Nc2nccs2)cc1)c1ccccc1. The highest BCUT2D eigenvalue weighted by atomic mass is 32.2. The highest BCUT2D eigenvalue weighted by Gasteiger charge is 2.38. The summed E-state index contributed by atoms with van der Waals surface area (Å²) < 4.78 is 37.1. The first-order valence-corrected chi connectivity index (χ1v) is 11.7. The number of anilines is 2. The van der Waals surface area contributed by atoms with Crippen molar-refractivity contribution in [2.24, 2.45) is 5.92 Å². The number of nitrogens with one attached hydrogen (secondary N) is 2. The molecule has 0 spiro atoms. The van der Waals surface area contributed by atoms with Crippen LogP contribution in [-0.2, 0) is 29.1 Å². The molecule has 1 atom stereocenters. The molecule has 0 amide bonds. The van der Waals surface area contributed by atoms with Crippen LogP contribution in [0.5, 0.6) is 0 Å². The summed E-state index contributed by atoms with van der Waals surface area (Å²) in [7, 11) is -1.43. The van der Waals surface area contributed by atoms with Gasteiger partial charge in [-0.2, -0.15) is 0 Å². The van der Waals surface area contributed by atoms with Gasteiger partial charge in [0.2, 0.25) is 0 Å². The van der Waals surface area contributed by atoms with E-state index in [1.807, 2.05) is 0 Å². The standard InChI is InChI=1S/C21H21N3O6S2/c1-29-19(25)17(20(26)30-2)18(14-6-4-3-5-7-14)23-15-8-10-16(11-9-15)32(27,28)24-21-22-12-13-31-21/h3-13,17-18,23H,1-2H3,(H,22,24)/t18-/m1/s1. The van der Waals surface area contributed by atoms with E-state index in [0.717, 1.165) is 0 Å². The molecular formula is C21H21N3O6S2. The van der Waals surface area contributed by atoms with Crippen molar-refractivity contribution in [3.8, 4) is 0 Å². The van der Waals surface area contributed by atoms with Gasteiger partial charge in [0.1, 0.15) is 0 Å². The summed E-state index contributed by atoms with van der Waals surface area (Å²) in [6.45, 7) is 0. The molecule has 168 valence electrons. The predicted molar refractivity (Wildman–Crippen MR) is 120 cm³/mol. The molecule has 0 radical (unpaired) electrons. The number of sulfonamides is 1. The molecule has 9 nitrogen and oxygen atoms in total. The Morgan fingerprint density at radius 1 is 0.969 bits per heavy atom. The molecule has 3 aromatic rings. The average Bonchev–Trinajstić information content (AvgIpc) is 3.31. The van der Waals surface area contributed by atoms with Crippen LogP contribution in [0.1, 0.15) is 11.6 Å². The number of carbonyl (C=O) groups is 2. The summed E-state index contributed by atoms with van der Waals surface area (Å²) in [6, 6.07) is 14.0. The Kier molecular flexibility index (Phi) is 7.44. The molecule has 0 saturated carbocycles. The number of ether oxygens (including phenoxy) is 2. The Balaban J connectivity index is 1.89. The maximum absolute atomic E-state index is 12.5. The summed E-state index contributed by atoms with van der Waals surface area (Å²) >= 11 is 1.17. The van der Waals surface area contributed by atoms with Gasteiger partial charge in [-0.3, -0.25) is 14.3 Å². The van der Waals surface area contributed by atoms with E-state index in [1.165, 1.54) is 56.0 Å². The van der Waals surface area contributed by atoms with Crippen molar-refractivity contribution in [1.82, 2.24) is 4.98 Å². The molecule has 0 aliphatic rings. The Labute approximate surface area is 189 Å². The quantitative estimate of drug-likeness (QED) is 0.357. The average molecular weight is 476 g/mol. The molecule has 1 heterocycles. The molecule has 0 saturated heterocycles. The minimum atomic E-state index is -3.81. The molecule has 3 rings (SSSR count). The number of methoxy groups -OCH3 is 2. The van der Waals surface area contributed by atoms with Crippen LogP contribution in [0, 0.1) is 5.92 Å². The van der Waals surface area contributed by atoms with Crippen molar-refractivity contribution in [3.05, 3.63) is 71.7 Å². The van der Waals surface area contributed by atoms with Crippen LogP contribution < -0.4 is 10.0 Å². The highest BCUT2D eigenvalue weighted by molar-refractivity contribution is 7.93. The number of rotatable bonds is 9. The summed E-state index contributed by atoms with van der Waals surface area (Å²) in [5, 5.41) is 5.04. The number of thiazole rings is 1. The Morgan fingerprint density at radius 3 is 2.12 bits per heavy atom. The molecule has 0 aliphatic heterocycles. The smallest absolute Gasteiger partial charge is 0.322 e. The van der Waals surface area contributed by atoms with Crippen molar-refractivity contribution in [3.63, 3.8) is 0 Å². The zero-order valence-electron chi connectivity index (χ0n) is 17.2. The number of benzene rings is 2. The lowest BCUT2D eigenvalue weighted by atomic mass is 9.92. The van der Waals surface area contributed by atoms with Gasteiger partial charge in [-0.05, 0) is 29.8 Å². The van der Waals surface area contributed by atoms with Crippen molar-refractivity contribution in [2.45, 2.75) is 10.9 Å². The third-order valence-electron chi connectivity index (χ3n) is 4.54. The Bertz CT molecular complexity index is 1130. The molecule has 0 bridgehead atoms. The maximum Gasteiger partial charge on any atom is 0.322 e. The van der Waals surface area contributed by atoms with E-state index in [-0.39, 0.29) is 10.0 Å². The molecule has 0 aliphatic carbocycles. The van der Waals surface area contributed by atoms with Gasteiger partial charge in [0.15, 0.2) is 11.0 Å². The van der Waals surface area contributed by atoms with E-state index in [4.69, 9.17) is 9.47 Å². The van der Waals surface area contributed by atoms with Crippen LogP contribution in [0.15, 0.2) is 71.1 Å². The Morgan fingerprint density at radius 2 is 1.59 bits per heavy atom. The number of nitrogens with zero attached hydrogens (tertiary/aromatic N) is 1. The number of carbonyl (C=O) groups excluding carboxylic acids is 2. The van der Waals surface area contributed by atoms with Crippen LogP contribution in [-0.4, -0.2) is 39.6 Å². The Hall–Kier alpha value is -3.44. The van der Waals surface area contributed by atoms with E-state index in [2.05, 4.69) is 15.0 Å². The van der Waals surface area contributed by atoms with Gasteiger partial charge in [-0.1, -0.05) is 30.3 Å². The first-order valence-electron chi connectivity index (χ1n) is 9.35. The predicted octanol–water partition coefficient (Wildman–Crippen LogP) is 3.06. The summed E-state index contributed by atoms with van der Waals surface area (Å²) in [6.07, 6.45) is 1.50. The zero-order valence-corrected chi connectivity index (χ0v) is 18.9. The van der Waals surface area contributed by atoms with Gasteiger partial charge in [-0.15, -0.1) is 11.3 Å². The lowest BCUT2D eigenvalue weighted by Crippen LogP contribution is -2.35. The number of hydrogen-bond acceptors (Lipinski definition) is 9. The van der Waals surface area contributed by atoms with E-state index in [0.29, 0.717) is 11.3 Å². The van der Waals surface area contributed by atoms with Crippen LogP contribution in [0.3, 0.4) is 0 Å². The highest BCUT2D eigenvalue weighted by Crippen LogP contribution is 2.30. The van der Waals surface area contributed by atoms with Gasteiger partial charge >= 0.3 is 11.9 Å². The topological polar surface area (TPSA) is 124 Å². The van der Waals surface area contributed by atoms with E-state index in [9.17, 15) is 18.0 Å². The van der Waals surface area contributed by atoms with Crippen molar-refractivity contribution in [2.75, 3.05) is 24.3 Å². The summed E-state index contributed by atoms with van der Waals surface area (Å²) in [4.78, 5) is 28.7. The fraction of sp³-hybridized carbons (Fsp3) is 0.190. The lowest BCUT2D eigenvalue weighted by Gasteiger charge is -2.26. The van der Waals surface area contributed by atoms with Gasteiger partial charge in [0.25, 0.3) is 10.0 Å². The van der Waals surface area contributed by atoms with Gasteiger partial charge in [0, 0.05) is 17.3 Å². The van der Waals surface area contributed by atoms with Crippen LogP contribution in [0.4, 0.5) is 10.8 Å². The molecule has 1 aromatic heterocycles. The number of aromatic nitrogens is 1. The third-order valence-corrected chi connectivity index (χ3v) is 6.72. The molecule has 0 unspecified atom stereocenters. The fourth-order valence-electron chi connectivity index (χ4n) is 3.00. The van der Waals surface area contributed by atoms with Gasteiger partial charge in [0.05, 0.1) is 25.2 Å². The normalized spacial score (nSPS) is 12.1. The minimum Gasteiger partial charge on any atom is -0.468 e. The fourth-order valence-corrected chi connectivity index (χ4v) is 4.79. The summed E-state index contributed by atoms with van der Waals surface area (Å²) in [5.74, 6) is -2.79. The van der Waals surface area contributed by atoms with E-state index < -0.39 is 33.9 Å². The molecule has 2 aromatic carbocycles. The number of hydrogen-bond donors (Lipinski definition) is 2. The van der Waals surface area contributed by atoms with Gasteiger partial charge < -0.3 is 14.8 Å². The van der Waals surface area contributed by atoms with Crippen LogP contribution >= 0.6 is 11.3 Å². The molecule has 32 heavy (non-hydrogen) atoms. The van der Waals surface area contributed by atoms with Crippen molar-refractivity contribution < 1.29 is 27.5 Å². The van der Waals surface area contributed by atoms with Crippen LogP contribution in [0.2, 0.25) is 0 Å². The monoisotopic (exact) mass is 475 g/mol. The zero-order chi connectivity index (χ0) is 23.1. The second kappa shape index (κ2) is 10.2. The molecule has 0 fully saturated rings. The first kappa shape index (κ1) is 23.2. The minimum absolute atomic E-state index is 0.0343. The maximum atomic E-state index is 12.5. The van der Waals surface area contributed by atoms with Crippen molar-refractivity contribution in [1.29, 1.82) is 0 Å². The van der Waals surface area contributed by atoms with Crippen LogP contribution in [0.25, 0.3) is 0 Å².